The molecule has 0 fully saturated rings. The van der Waals surface area contributed by atoms with E-state index in [4.69, 9.17) is 10.5 Å². The molecule has 0 aliphatic rings. The molecule has 2 rings (SSSR count). The van der Waals surface area contributed by atoms with E-state index in [9.17, 15) is 14.4 Å². The van der Waals surface area contributed by atoms with Crippen molar-refractivity contribution in [1.29, 1.82) is 0 Å². The topological polar surface area (TPSA) is 110 Å². The van der Waals surface area contributed by atoms with Gasteiger partial charge in [-0.15, -0.1) is 0 Å². The van der Waals surface area contributed by atoms with Crippen molar-refractivity contribution in [2.45, 2.75) is 60.1 Å². The molecular weight excluding hydrogens is 384 g/mol. The van der Waals surface area contributed by atoms with E-state index in [1.165, 1.54) is 9.47 Å². The van der Waals surface area contributed by atoms with Gasteiger partial charge < -0.3 is 15.4 Å². The number of nitrogens with two attached hydrogens (primary N) is 1. The molecular formula is C22H32N4O4. The largest absolute Gasteiger partial charge is 0.481 e. The second-order valence-electron chi connectivity index (χ2n) is 7.92. The lowest BCUT2D eigenvalue weighted by Crippen LogP contribution is -2.47. The first-order valence-electron chi connectivity index (χ1n) is 10.3. The summed E-state index contributed by atoms with van der Waals surface area (Å²) in [6, 6.07) is 7.39. The number of nitrogens with zero attached hydrogens (tertiary/aromatic N) is 2. The minimum atomic E-state index is -0.847. The van der Waals surface area contributed by atoms with Crippen LogP contribution in [0.2, 0.25) is 0 Å². The second-order valence-corrected chi connectivity index (χ2v) is 7.92. The number of aromatic amines is 1. The minimum absolute atomic E-state index is 0.00560. The van der Waals surface area contributed by atoms with E-state index < -0.39 is 23.3 Å². The molecule has 2 aromatic rings. The van der Waals surface area contributed by atoms with Crippen molar-refractivity contribution >= 4 is 17.4 Å². The first-order chi connectivity index (χ1) is 14.1. The van der Waals surface area contributed by atoms with Crippen LogP contribution in [-0.4, -0.2) is 28.1 Å². The van der Waals surface area contributed by atoms with Crippen molar-refractivity contribution in [2.24, 2.45) is 5.92 Å². The molecule has 1 amide bonds. The number of nitrogens with one attached hydrogen (secondary N) is 1. The lowest BCUT2D eigenvalue weighted by molar-refractivity contribution is -0.124. The molecule has 1 aromatic carbocycles. The summed E-state index contributed by atoms with van der Waals surface area (Å²) in [4.78, 5) is 41.8. The zero-order valence-corrected chi connectivity index (χ0v) is 18.4. The zero-order chi connectivity index (χ0) is 22.4. The maximum absolute atomic E-state index is 13.3. The lowest BCUT2D eigenvalue weighted by Gasteiger charge is -2.28. The molecule has 1 atom stereocenters. The van der Waals surface area contributed by atoms with Crippen molar-refractivity contribution < 1.29 is 9.53 Å². The van der Waals surface area contributed by atoms with Gasteiger partial charge in [-0.1, -0.05) is 39.3 Å². The molecule has 1 aromatic heterocycles. The number of anilines is 2. The standard InChI is InChI=1S/C22H32N4O4/c1-6-7-11-25-19(23)18(20(27)24-22(25)29)26(13-14(2)3)21(28)16(5)30-17-10-8-9-15(4)12-17/h8-10,12,14,16H,6-7,11,13,23H2,1-5H3,(H,24,27,29)/t16-/m1/s1. The van der Waals surface area contributed by atoms with Crippen LogP contribution in [0.25, 0.3) is 0 Å². The summed E-state index contributed by atoms with van der Waals surface area (Å²) in [6.45, 7) is 10.1. The van der Waals surface area contributed by atoms with Gasteiger partial charge in [0.25, 0.3) is 11.5 Å². The maximum Gasteiger partial charge on any atom is 0.330 e. The predicted molar refractivity (Wildman–Crippen MR) is 119 cm³/mol. The number of nitrogen functional groups attached to an aromatic ring is 1. The van der Waals surface area contributed by atoms with Gasteiger partial charge in [0.1, 0.15) is 11.6 Å². The van der Waals surface area contributed by atoms with E-state index in [0.29, 0.717) is 12.3 Å². The third-order valence-electron chi connectivity index (χ3n) is 4.68. The SMILES string of the molecule is CCCCn1c(N)c(N(CC(C)C)C(=O)[C@@H](C)Oc2cccc(C)c2)c(=O)[nH]c1=O. The first-order valence-corrected chi connectivity index (χ1v) is 10.3. The average Bonchev–Trinajstić information content (AvgIpc) is 2.66. The Bertz CT molecular complexity index is 993. The number of aromatic nitrogens is 2. The van der Waals surface area contributed by atoms with E-state index in [2.05, 4.69) is 4.98 Å². The summed E-state index contributed by atoms with van der Waals surface area (Å²) in [7, 11) is 0. The van der Waals surface area contributed by atoms with Gasteiger partial charge in [0.05, 0.1) is 0 Å². The normalized spacial score (nSPS) is 12.1. The molecule has 8 heteroatoms. The van der Waals surface area contributed by atoms with Gasteiger partial charge in [-0.25, -0.2) is 4.79 Å². The second kappa shape index (κ2) is 10.1. The number of ether oxygens (including phenoxy) is 1. The van der Waals surface area contributed by atoms with E-state index in [1.807, 2.05) is 45.9 Å². The zero-order valence-electron chi connectivity index (χ0n) is 18.4. The number of amides is 1. The van der Waals surface area contributed by atoms with Crippen LogP contribution in [0.1, 0.15) is 46.1 Å². The van der Waals surface area contributed by atoms with E-state index in [-0.39, 0.29) is 24.0 Å². The van der Waals surface area contributed by atoms with E-state index in [0.717, 1.165) is 18.4 Å². The molecule has 3 N–H and O–H groups in total. The minimum Gasteiger partial charge on any atom is -0.481 e. The van der Waals surface area contributed by atoms with Crippen LogP contribution in [0.5, 0.6) is 5.75 Å². The Morgan fingerprint density at radius 2 is 1.97 bits per heavy atom. The molecule has 0 radical (unpaired) electrons. The molecule has 0 bridgehead atoms. The Kier molecular flexibility index (Phi) is 7.86. The van der Waals surface area contributed by atoms with Gasteiger partial charge in [-0.2, -0.15) is 0 Å². The molecule has 0 aliphatic heterocycles. The van der Waals surface area contributed by atoms with Gasteiger partial charge in [0, 0.05) is 13.1 Å². The summed E-state index contributed by atoms with van der Waals surface area (Å²) in [5, 5.41) is 0. The quantitative estimate of drug-likeness (QED) is 0.653. The van der Waals surface area contributed by atoms with Gasteiger partial charge in [-0.3, -0.25) is 19.1 Å². The Morgan fingerprint density at radius 3 is 2.57 bits per heavy atom. The Labute approximate surface area is 176 Å². The molecule has 0 spiro atoms. The molecule has 0 saturated carbocycles. The number of aryl methyl sites for hydroxylation is 1. The highest BCUT2D eigenvalue weighted by atomic mass is 16.5. The highest BCUT2D eigenvalue weighted by molar-refractivity contribution is 5.98. The molecule has 8 nitrogen and oxygen atoms in total. The van der Waals surface area contributed by atoms with Crippen LogP contribution in [0.3, 0.4) is 0 Å². The molecule has 0 saturated heterocycles. The Morgan fingerprint density at radius 1 is 1.27 bits per heavy atom. The molecule has 164 valence electrons. The van der Waals surface area contributed by atoms with Crippen molar-refractivity contribution in [3.63, 3.8) is 0 Å². The Hall–Kier alpha value is -3.03. The van der Waals surface area contributed by atoms with Crippen LogP contribution < -0.4 is 26.6 Å². The number of H-pyrrole nitrogens is 1. The molecule has 0 unspecified atom stereocenters. The third-order valence-corrected chi connectivity index (χ3v) is 4.68. The van der Waals surface area contributed by atoms with Crippen LogP contribution >= 0.6 is 0 Å². The number of rotatable bonds is 9. The summed E-state index contributed by atoms with van der Waals surface area (Å²) < 4.78 is 7.14. The smallest absolute Gasteiger partial charge is 0.330 e. The fourth-order valence-corrected chi connectivity index (χ4v) is 3.20. The fraction of sp³-hybridized carbons (Fsp3) is 0.500. The fourth-order valence-electron chi connectivity index (χ4n) is 3.20. The number of hydrogen-bond acceptors (Lipinski definition) is 5. The molecule has 0 aliphatic carbocycles. The third kappa shape index (κ3) is 5.52. The molecule has 30 heavy (non-hydrogen) atoms. The van der Waals surface area contributed by atoms with Gasteiger partial charge in [0.15, 0.2) is 11.8 Å². The van der Waals surface area contributed by atoms with Gasteiger partial charge in [-0.05, 0) is 43.9 Å². The number of unbranched alkanes of at least 4 members (excludes halogenated alkanes) is 1. The number of carbonyl (C=O) groups excluding carboxylic acids is 1. The maximum atomic E-state index is 13.3. The highest BCUT2D eigenvalue weighted by Gasteiger charge is 2.29. The van der Waals surface area contributed by atoms with Crippen LogP contribution in [0.15, 0.2) is 33.9 Å². The summed E-state index contributed by atoms with van der Waals surface area (Å²) in [5.74, 6) is 0.224. The summed E-state index contributed by atoms with van der Waals surface area (Å²) >= 11 is 0. The number of carbonyl (C=O) groups is 1. The van der Waals surface area contributed by atoms with Crippen molar-refractivity contribution in [3.05, 3.63) is 50.7 Å². The van der Waals surface area contributed by atoms with Crippen LogP contribution in [-0.2, 0) is 11.3 Å². The van der Waals surface area contributed by atoms with Gasteiger partial charge in [0.2, 0.25) is 0 Å². The van der Waals surface area contributed by atoms with Crippen molar-refractivity contribution in [3.8, 4) is 5.75 Å². The lowest BCUT2D eigenvalue weighted by atomic mass is 10.1. The highest BCUT2D eigenvalue weighted by Crippen LogP contribution is 2.21. The van der Waals surface area contributed by atoms with Crippen LogP contribution in [0, 0.1) is 12.8 Å². The first kappa shape index (κ1) is 23.3. The van der Waals surface area contributed by atoms with Crippen LogP contribution in [0.4, 0.5) is 11.5 Å². The average molecular weight is 417 g/mol. The van der Waals surface area contributed by atoms with Crippen molar-refractivity contribution in [1.82, 2.24) is 9.55 Å². The van der Waals surface area contributed by atoms with Crippen molar-refractivity contribution in [2.75, 3.05) is 17.2 Å². The number of hydrogen-bond donors (Lipinski definition) is 2. The molecule has 1 heterocycles. The Balaban J connectivity index is 2.45. The number of benzene rings is 1. The van der Waals surface area contributed by atoms with E-state index in [1.54, 1.807) is 13.0 Å². The summed E-state index contributed by atoms with van der Waals surface area (Å²) in [5.41, 5.74) is 5.97. The summed E-state index contributed by atoms with van der Waals surface area (Å²) in [6.07, 6.45) is 0.733. The predicted octanol–water partition coefficient (Wildman–Crippen LogP) is 2.68. The monoisotopic (exact) mass is 416 g/mol. The van der Waals surface area contributed by atoms with E-state index >= 15 is 0 Å². The van der Waals surface area contributed by atoms with Gasteiger partial charge >= 0.3 is 5.69 Å².